The number of nitrogens with one attached hydrogen (secondary N) is 2. The molecule has 0 heterocycles. The molecule has 2 aromatic rings. The third-order valence-electron chi connectivity index (χ3n) is 4.05. The molecular formula is C18H19F2N2O+. The van der Waals surface area contributed by atoms with Crippen LogP contribution in [0.15, 0.2) is 48.5 Å². The van der Waals surface area contributed by atoms with Gasteiger partial charge in [-0.05, 0) is 30.3 Å². The summed E-state index contributed by atoms with van der Waals surface area (Å²) in [6.45, 7) is 0.768. The summed E-state index contributed by atoms with van der Waals surface area (Å²) in [5.41, 5.74) is 1.20. The molecule has 0 spiro atoms. The fraction of sp³-hybridized carbons (Fsp3) is 0.278. The van der Waals surface area contributed by atoms with Crippen molar-refractivity contribution in [2.45, 2.75) is 25.4 Å². The topological polar surface area (TPSA) is 33.5 Å². The third-order valence-corrected chi connectivity index (χ3v) is 4.05. The minimum absolute atomic E-state index is 0.144. The molecule has 1 amide bonds. The predicted octanol–water partition coefficient (Wildman–Crippen LogP) is 2.15. The highest BCUT2D eigenvalue weighted by molar-refractivity contribution is 5.91. The Balaban J connectivity index is 1.62. The molecule has 23 heavy (non-hydrogen) atoms. The number of amides is 1. The van der Waals surface area contributed by atoms with Gasteiger partial charge in [-0.15, -0.1) is 0 Å². The maximum absolute atomic E-state index is 13.8. The standard InChI is InChI=1S/C18H18F2N2O/c19-14-5-7-15(8-6-14)21-18(23)12-22(16-9-10-16)11-13-3-1-2-4-17(13)20/h1-8,16H,9-12H2,(H,21,23)/p+1. The smallest absolute Gasteiger partial charge is 0.279 e. The van der Waals surface area contributed by atoms with Gasteiger partial charge in [-0.2, -0.15) is 0 Å². The van der Waals surface area contributed by atoms with E-state index < -0.39 is 0 Å². The van der Waals surface area contributed by atoms with Crippen LogP contribution in [-0.2, 0) is 11.3 Å². The first-order chi connectivity index (χ1) is 11.1. The molecule has 0 saturated heterocycles. The number of quaternary nitrogens is 1. The summed E-state index contributed by atoms with van der Waals surface area (Å²) in [6, 6.07) is 12.8. The van der Waals surface area contributed by atoms with Crippen LogP contribution in [0.4, 0.5) is 14.5 Å². The van der Waals surface area contributed by atoms with Gasteiger partial charge in [-0.3, -0.25) is 4.79 Å². The van der Waals surface area contributed by atoms with Crippen LogP contribution in [0, 0.1) is 11.6 Å². The Morgan fingerprint density at radius 3 is 2.43 bits per heavy atom. The Hall–Kier alpha value is -2.27. The van der Waals surface area contributed by atoms with E-state index in [-0.39, 0.29) is 24.1 Å². The molecule has 2 aromatic carbocycles. The molecule has 1 aliphatic rings. The van der Waals surface area contributed by atoms with Crippen molar-refractivity contribution in [3.63, 3.8) is 0 Å². The molecule has 0 aromatic heterocycles. The summed E-state index contributed by atoms with van der Waals surface area (Å²) in [6.07, 6.45) is 2.13. The Morgan fingerprint density at radius 2 is 1.78 bits per heavy atom. The fourth-order valence-electron chi connectivity index (χ4n) is 2.67. The number of anilines is 1. The molecule has 5 heteroatoms. The molecule has 1 aliphatic carbocycles. The first-order valence-corrected chi connectivity index (χ1v) is 7.75. The molecular weight excluding hydrogens is 298 g/mol. The molecule has 0 aliphatic heterocycles. The fourth-order valence-corrected chi connectivity index (χ4v) is 2.67. The van der Waals surface area contributed by atoms with Crippen molar-refractivity contribution < 1.29 is 18.5 Å². The van der Waals surface area contributed by atoms with E-state index >= 15 is 0 Å². The van der Waals surface area contributed by atoms with Crippen LogP contribution in [-0.4, -0.2) is 18.5 Å². The second kappa shape index (κ2) is 6.87. The molecule has 1 unspecified atom stereocenters. The van der Waals surface area contributed by atoms with Crippen molar-refractivity contribution in [2.24, 2.45) is 0 Å². The summed E-state index contributed by atoms with van der Waals surface area (Å²) < 4.78 is 26.7. The number of rotatable bonds is 6. The molecule has 0 bridgehead atoms. The summed E-state index contributed by atoms with van der Waals surface area (Å²) in [5, 5.41) is 2.76. The first-order valence-electron chi connectivity index (χ1n) is 7.75. The zero-order valence-corrected chi connectivity index (χ0v) is 12.7. The van der Waals surface area contributed by atoms with E-state index in [0.29, 0.717) is 23.8 Å². The van der Waals surface area contributed by atoms with E-state index in [1.165, 1.54) is 30.3 Å². The lowest BCUT2D eigenvalue weighted by atomic mass is 10.2. The number of carbonyl (C=O) groups is 1. The number of carbonyl (C=O) groups excluding carboxylic acids is 1. The maximum Gasteiger partial charge on any atom is 0.279 e. The van der Waals surface area contributed by atoms with Gasteiger partial charge in [0.05, 0.1) is 6.04 Å². The van der Waals surface area contributed by atoms with Crippen molar-refractivity contribution in [3.8, 4) is 0 Å². The average molecular weight is 317 g/mol. The van der Waals surface area contributed by atoms with Gasteiger partial charge in [0, 0.05) is 24.1 Å². The summed E-state index contributed by atoms with van der Waals surface area (Å²) in [4.78, 5) is 13.3. The van der Waals surface area contributed by atoms with Crippen molar-refractivity contribution in [1.29, 1.82) is 0 Å². The zero-order valence-electron chi connectivity index (χ0n) is 12.7. The van der Waals surface area contributed by atoms with E-state index in [9.17, 15) is 13.6 Å². The van der Waals surface area contributed by atoms with E-state index in [0.717, 1.165) is 17.7 Å². The SMILES string of the molecule is O=C(C[NH+](Cc1ccccc1F)C1CC1)Nc1ccc(F)cc1. The van der Waals surface area contributed by atoms with Gasteiger partial charge >= 0.3 is 0 Å². The predicted molar refractivity (Wildman–Crippen MR) is 84.0 cm³/mol. The van der Waals surface area contributed by atoms with Crippen LogP contribution in [0.25, 0.3) is 0 Å². The minimum Gasteiger partial charge on any atom is -0.321 e. The van der Waals surface area contributed by atoms with Crippen LogP contribution in [0.3, 0.4) is 0 Å². The van der Waals surface area contributed by atoms with Gasteiger partial charge in [0.15, 0.2) is 6.54 Å². The number of hydrogen-bond donors (Lipinski definition) is 2. The maximum atomic E-state index is 13.8. The molecule has 2 N–H and O–H groups in total. The summed E-state index contributed by atoms with van der Waals surface area (Å²) >= 11 is 0. The highest BCUT2D eigenvalue weighted by atomic mass is 19.1. The molecule has 3 rings (SSSR count). The van der Waals surface area contributed by atoms with Gasteiger partial charge < -0.3 is 10.2 Å². The highest BCUT2D eigenvalue weighted by Gasteiger charge is 2.35. The quantitative estimate of drug-likeness (QED) is 0.841. The van der Waals surface area contributed by atoms with Crippen LogP contribution >= 0.6 is 0 Å². The Bertz CT molecular complexity index is 684. The molecule has 3 nitrogen and oxygen atoms in total. The molecule has 1 fully saturated rings. The van der Waals surface area contributed by atoms with E-state index in [4.69, 9.17) is 0 Å². The minimum atomic E-state index is -0.340. The van der Waals surface area contributed by atoms with Gasteiger partial charge in [-0.25, -0.2) is 8.78 Å². The van der Waals surface area contributed by atoms with Gasteiger partial charge in [0.2, 0.25) is 0 Å². The number of benzene rings is 2. The van der Waals surface area contributed by atoms with Crippen LogP contribution in [0.1, 0.15) is 18.4 Å². The first kappa shape index (κ1) is 15.6. The van der Waals surface area contributed by atoms with Crippen LogP contribution in [0.5, 0.6) is 0 Å². The number of halogens is 2. The van der Waals surface area contributed by atoms with Gasteiger partial charge in [0.25, 0.3) is 5.91 Å². The van der Waals surface area contributed by atoms with Gasteiger partial charge in [0.1, 0.15) is 18.2 Å². The Kier molecular flexibility index (Phi) is 4.67. The third kappa shape index (κ3) is 4.36. The summed E-state index contributed by atoms with van der Waals surface area (Å²) in [7, 11) is 0. The second-order valence-corrected chi connectivity index (χ2v) is 5.93. The van der Waals surface area contributed by atoms with E-state index in [2.05, 4.69) is 5.32 Å². The zero-order chi connectivity index (χ0) is 16.2. The van der Waals surface area contributed by atoms with E-state index in [1.807, 2.05) is 6.07 Å². The molecule has 1 saturated carbocycles. The van der Waals surface area contributed by atoms with Crippen molar-refractivity contribution in [2.75, 3.05) is 11.9 Å². The largest absolute Gasteiger partial charge is 0.321 e. The number of hydrogen-bond acceptors (Lipinski definition) is 1. The summed E-state index contributed by atoms with van der Waals surface area (Å²) in [5.74, 6) is -0.716. The monoisotopic (exact) mass is 317 g/mol. The molecule has 120 valence electrons. The highest BCUT2D eigenvalue weighted by Crippen LogP contribution is 2.16. The molecule has 1 atom stereocenters. The van der Waals surface area contributed by atoms with Crippen molar-refractivity contribution >= 4 is 11.6 Å². The van der Waals surface area contributed by atoms with Crippen molar-refractivity contribution in [3.05, 3.63) is 65.7 Å². The molecule has 0 radical (unpaired) electrons. The van der Waals surface area contributed by atoms with E-state index in [1.54, 1.807) is 12.1 Å². The normalized spacial score (nSPS) is 15.2. The average Bonchev–Trinajstić information content (AvgIpc) is 3.36. The Morgan fingerprint density at radius 1 is 1.09 bits per heavy atom. The lowest BCUT2D eigenvalue weighted by molar-refractivity contribution is -0.917. The van der Waals surface area contributed by atoms with Crippen molar-refractivity contribution in [1.82, 2.24) is 0 Å². The van der Waals surface area contributed by atoms with Crippen LogP contribution < -0.4 is 10.2 Å². The second-order valence-electron chi connectivity index (χ2n) is 5.93. The lowest BCUT2D eigenvalue weighted by Gasteiger charge is -2.19. The Labute approximate surface area is 133 Å². The van der Waals surface area contributed by atoms with Gasteiger partial charge in [-0.1, -0.05) is 18.2 Å². The van der Waals surface area contributed by atoms with Crippen LogP contribution in [0.2, 0.25) is 0 Å². The lowest BCUT2D eigenvalue weighted by Crippen LogP contribution is -3.13.